The summed E-state index contributed by atoms with van der Waals surface area (Å²) in [6.45, 7) is 10.2. The van der Waals surface area contributed by atoms with Gasteiger partial charge in [-0.3, -0.25) is 14.5 Å². The zero-order valence-electron chi connectivity index (χ0n) is 24.5. The number of Topliss-reactive ketones (excluding diaryl/α,β-unsaturated/α-hetero) is 1. The molecule has 42 heavy (non-hydrogen) atoms. The SMILES string of the molecule is CCN(CC)c1ccc(C2/C(=C(/O)c3ccc(OCc4ccccc4)c(C)c3)C(=O)C(=O)N2c2ccc(C)cc2)cc1. The van der Waals surface area contributed by atoms with Crippen LogP contribution in [-0.4, -0.2) is 29.9 Å². The van der Waals surface area contributed by atoms with Crippen molar-refractivity contribution in [1.29, 1.82) is 0 Å². The Kier molecular flexibility index (Phi) is 8.43. The van der Waals surface area contributed by atoms with E-state index in [0.29, 0.717) is 23.6 Å². The maximum absolute atomic E-state index is 13.6. The third-order valence-corrected chi connectivity index (χ3v) is 7.78. The maximum atomic E-state index is 13.6. The Morgan fingerprint density at radius 2 is 1.52 bits per heavy atom. The highest BCUT2D eigenvalue weighted by Gasteiger charge is 2.47. The van der Waals surface area contributed by atoms with Gasteiger partial charge in [0.15, 0.2) is 0 Å². The number of carbonyl (C=O) groups excluding carboxylic acids is 2. The molecule has 0 aromatic heterocycles. The summed E-state index contributed by atoms with van der Waals surface area (Å²) in [4.78, 5) is 30.8. The number of carbonyl (C=O) groups is 2. The predicted molar refractivity (Wildman–Crippen MR) is 168 cm³/mol. The van der Waals surface area contributed by atoms with Gasteiger partial charge in [0.1, 0.15) is 18.1 Å². The largest absolute Gasteiger partial charge is 0.507 e. The van der Waals surface area contributed by atoms with Crippen LogP contribution in [0.5, 0.6) is 5.75 Å². The molecule has 4 aromatic rings. The Bertz CT molecular complexity index is 1600. The van der Waals surface area contributed by atoms with Gasteiger partial charge in [0, 0.05) is 30.0 Å². The molecule has 1 amide bonds. The Morgan fingerprint density at radius 1 is 0.857 bits per heavy atom. The van der Waals surface area contributed by atoms with E-state index in [1.54, 1.807) is 18.2 Å². The second-order valence-electron chi connectivity index (χ2n) is 10.5. The smallest absolute Gasteiger partial charge is 0.300 e. The number of ketones is 1. The summed E-state index contributed by atoms with van der Waals surface area (Å²) in [6, 6.07) is 29.8. The Morgan fingerprint density at radius 3 is 2.14 bits per heavy atom. The van der Waals surface area contributed by atoms with Gasteiger partial charge in [-0.05, 0) is 86.8 Å². The second-order valence-corrected chi connectivity index (χ2v) is 10.5. The van der Waals surface area contributed by atoms with Crippen molar-refractivity contribution in [3.8, 4) is 5.75 Å². The summed E-state index contributed by atoms with van der Waals surface area (Å²) >= 11 is 0. The van der Waals surface area contributed by atoms with Crippen LogP contribution in [0.3, 0.4) is 0 Å². The lowest BCUT2D eigenvalue weighted by molar-refractivity contribution is -0.132. The van der Waals surface area contributed by atoms with Gasteiger partial charge in [0.25, 0.3) is 11.7 Å². The highest BCUT2D eigenvalue weighted by atomic mass is 16.5. The number of hydrogen-bond donors (Lipinski definition) is 1. The van der Waals surface area contributed by atoms with Crippen molar-refractivity contribution in [2.45, 2.75) is 40.3 Å². The van der Waals surface area contributed by atoms with Crippen molar-refractivity contribution in [3.63, 3.8) is 0 Å². The van der Waals surface area contributed by atoms with Crippen molar-refractivity contribution in [2.24, 2.45) is 0 Å². The lowest BCUT2D eigenvalue weighted by Crippen LogP contribution is -2.29. The number of nitrogens with zero attached hydrogens (tertiary/aromatic N) is 2. The number of aliphatic hydroxyl groups excluding tert-OH is 1. The fraction of sp³-hybridized carbons (Fsp3) is 0.222. The molecule has 0 radical (unpaired) electrons. The molecule has 1 unspecified atom stereocenters. The molecule has 4 aromatic carbocycles. The quantitative estimate of drug-likeness (QED) is 0.132. The normalized spacial score (nSPS) is 16.1. The van der Waals surface area contributed by atoms with Crippen LogP contribution in [0.4, 0.5) is 11.4 Å². The van der Waals surface area contributed by atoms with E-state index in [9.17, 15) is 14.7 Å². The molecule has 1 aliphatic rings. The summed E-state index contributed by atoms with van der Waals surface area (Å²) in [6.07, 6.45) is 0. The van der Waals surface area contributed by atoms with Gasteiger partial charge in [-0.15, -0.1) is 0 Å². The van der Waals surface area contributed by atoms with E-state index in [-0.39, 0.29) is 11.3 Å². The topological polar surface area (TPSA) is 70.1 Å². The van der Waals surface area contributed by atoms with E-state index in [4.69, 9.17) is 4.74 Å². The third kappa shape index (κ3) is 5.66. The van der Waals surface area contributed by atoms with Gasteiger partial charge >= 0.3 is 0 Å². The molecule has 1 saturated heterocycles. The number of aliphatic hydroxyl groups is 1. The van der Waals surface area contributed by atoms with Gasteiger partial charge in [-0.1, -0.05) is 60.2 Å². The van der Waals surface area contributed by atoms with Crippen LogP contribution in [0.1, 0.15) is 47.7 Å². The van der Waals surface area contributed by atoms with Gasteiger partial charge in [-0.2, -0.15) is 0 Å². The number of hydrogen-bond acceptors (Lipinski definition) is 5. The first-order valence-electron chi connectivity index (χ1n) is 14.3. The molecule has 6 nitrogen and oxygen atoms in total. The number of rotatable bonds is 9. The molecule has 1 N–H and O–H groups in total. The molecular formula is C36H36N2O4. The van der Waals surface area contributed by atoms with Crippen molar-refractivity contribution in [2.75, 3.05) is 22.9 Å². The molecule has 1 atom stereocenters. The van der Waals surface area contributed by atoms with Crippen LogP contribution >= 0.6 is 0 Å². The standard InChI is InChI=1S/C36H36N2O4/c1-5-37(6-2)29-19-14-27(15-20-29)33-32(35(40)36(41)38(33)30-17-12-24(3)13-18-30)34(39)28-16-21-31(25(4)22-28)42-23-26-10-8-7-9-11-26/h7-22,33,39H,5-6,23H2,1-4H3/b34-32-. The molecule has 0 bridgehead atoms. The molecule has 0 aliphatic carbocycles. The summed E-state index contributed by atoms with van der Waals surface area (Å²) in [5.74, 6) is -0.914. The molecular weight excluding hydrogens is 524 g/mol. The Hall–Kier alpha value is -4.84. The highest BCUT2D eigenvalue weighted by molar-refractivity contribution is 6.51. The van der Waals surface area contributed by atoms with Crippen LogP contribution in [-0.2, 0) is 16.2 Å². The average Bonchev–Trinajstić information content (AvgIpc) is 3.27. The van der Waals surface area contributed by atoms with Crippen molar-refractivity contribution < 1.29 is 19.4 Å². The summed E-state index contributed by atoms with van der Waals surface area (Å²) in [5.41, 5.74) is 5.81. The number of aryl methyl sites for hydroxylation is 2. The number of ether oxygens (including phenoxy) is 1. The second kappa shape index (κ2) is 12.4. The van der Waals surface area contributed by atoms with Gasteiger partial charge in [0.05, 0.1) is 11.6 Å². The number of amides is 1. The minimum absolute atomic E-state index is 0.0634. The Labute approximate surface area is 247 Å². The van der Waals surface area contributed by atoms with Crippen molar-refractivity contribution >= 4 is 28.8 Å². The molecule has 6 heteroatoms. The fourth-order valence-corrected chi connectivity index (χ4v) is 5.43. The fourth-order valence-electron chi connectivity index (χ4n) is 5.43. The van der Waals surface area contributed by atoms with Gasteiger partial charge in [0.2, 0.25) is 0 Å². The zero-order valence-corrected chi connectivity index (χ0v) is 24.5. The summed E-state index contributed by atoms with van der Waals surface area (Å²) in [5, 5.41) is 11.6. The first kappa shape index (κ1) is 28.7. The number of anilines is 2. The molecule has 1 fully saturated rings. The molecule has 1 heterocycles. The minimum Gasteiger partial charge on any atom is -0.507 e. The van der Waals surface area contributed by atoms with E-state index < -0.39 is 17.7 Å². The van der Waals surface area contributed by atoms with Crippen LogP contribution in [0.25, 0.3) is 5.76 Å². The van der Waals surface area contributed by atoms with E-state index in [1.165, 1.54) is 4.90 Å². The first-order chi connectivity index (χ1) is 20.3. The lowest BCUT2D eigenvalue weighted by atomic mass is 9.94. The molecule has 214 valence electrons. The monoisotopic (exact) mass is 560 g/mol. The van der Waals surface area contributed by atoms with Crippen LogP contribution < -0.4 is 14.5 Å². The lowest BCUT2D eigenvalue weighted by Gasteiger charge is -2.27. The number of benzene rings is 4. The maximum Gasteiger partial charge on any atom is 0.300 e. The van der Waals surface area contributed by atoms with Crippen molar-refractivity contribution in [1.82, 2.24) is 0 Å². The first-order valence-corrected chi connectivity index (χ1v) is 14.3. The molecule has 0 spiro atoms. The molecule has 5 rings (SSSR count). The average molecular weight is 561 g/mol. The third-order valence-electron chi connectivity index (χ3n) is 7.78. The van der Waals surface area contributed by atoms with Gasteiger partial charge < -0.3 is 14.7 Å². The zero-order chi connectivity index (χ0) is 29.8. The van der Waals surface area contributed by atoms with Crippen LogP contribution in [0, 0.1) is 13.8 Å². The summed E-state index contributed by atoms with van der Waals surface area (Å²) < 4.78 is 6.01. The highest BCUT2D eigenvalue weighted by Crippen LogP contribution is 2.43. The predicted octanol–water partition coefficient (Wildman–Crippen LogP) is 7.35. The van der Waals surface area contributed by atoms with E-state index in [1.807, 2.05) is 92.7 Å². The minimum atomic E-state index is -0.784. The summed E-state index contributed by atoms with van der Waals surface area (Å²) in [7, 11) is 0. The van der Waals surface area contributed by atoms with E-state index in [0.717, 1.165) is 41.0 Å². The molecule has 0 saturated carbocycles. The van der Waals surface area contributed by atoms with Crippen molar-refractivity contribution in [3.05, 3.63) is 130 Å². The van der Waals surface area contributed by atoms with Crippen LogP contribution in [0.15, 0.2) is 103 Å². The van der Waals surface area contributed by atoms with E-state index >= 15 is 0 Å². The van der Waals surface area contributed by atoms with Gasteiger partial charge in [-0.25, -0.2) is 0 Å². The molecule has 1 aliphatic heterocycles. The van der Waals surface area contributed by atoms with Crippen LogP contribution in [0.2, 0.25) is 0 Å². The Balaban J connectivity index is 1.56. The van der Waals surface area contributed by atoms with E-state index in [2.05, 4.69) is 18.7 Å².